The molecule has 0 aromatic carbocycles. The van der Waals surface area contributed by atoms with Gasteiger partial charge < -0.3 is 9.64 Å². The third kappa shape index (κ3) is 2.92. The molecule has 0 bridgehead atoms. The van der Waals surface area contributed by atoms with E-state index in [4.69, 9.17) is 9.72 Å². The molecule has 0 atom stereocenters. The molecule has 10 heteroatoms. The number of hydrogen-bond acceptors (Lipinski definition) is 8. The topological polar surface area (TPSA) is 99.2 Å². The van der Waals surface area contributed by atoms with Gasteiger partial charge in [0.05, 0.1) is 19.5 Å². The van der Waals surface area contributed by atoms with Crippen LogP contribution < -0.4 is 9.64 Å². The van der Waals surface area contributed by atoms with E-state index < -0.39 is 0 Å². The van der Waals surface area contributed by atoms with E-state index in [-0.39, 0.29) is 5.92 Å². The largest absolute Gasteiger partial charge is 0.480 e. The average Bonchev–Trinajstić information content (AvgIpc) is 3.44. The zero-order valence-electron chi connectivity index (χ0n) is 15.4. The lowest BCUT2D eigenvalue weighted by molar-refractivity contribution is 0.386. The number of piperidine rings is 1. The lowest BCUT2D eigenvalue weighted by Gasteiger charge is -2.31. The van der Waals surface area contributed by atoms with Crippen LogP contribution in [0.3, 0.4) is 0 Å². The van der Waals surface area contributed by atoms with Crippen LogP contribution in [0.4, 0.5) is 5.82 Å². The monoisotopic (exact) mass is 377 g/mol. The van der Waals surface area contributed by atoms with E-state index in [0.717, 1.165) is 43.2 Å². The first-order valence-corrected chi connectivity index (χ1v) is 9.15. The van der Waals surface area contributed by atoms with Crippen molar-refractivity contribution in [2.24, 2.45) is 0 Å². The Kier molecular flexibility index (Phi) is 4.08. The molecule has 5 rings (SSSR count). The maximum absolute atomic E-state index is 5.23. The van der Waals surface area contributed by atoms with Crippen molar-refractivity contribution in [3.8, 4) is 11.7 Å². The molecule has 1 fully saturated rings. The van der Waals surface area contributed by atoms with Crippen molar-refractivity contribution in [1.82, 2.24) is 39.6 Å². The first-order chi connectivity index (χ1) is 13.8. The van der Waals surface area contributed by atoms with Crippen LogP contribution in [0.5, 0.6) is 5.88 Å². The quantitative estimate of drug-likeness (QED) is 0.527. The van der Waals surface area contributed by atoms with Crippen LogP contribution in [0.1, 0.15) is 24.6 Å². The smallest absolute Gasteiger partial charge is 0.231 e. The molecule has 0 spiro atoms. The Labute approximate surface area is 160 Å². The molecule has 0 unspecified atom stereocenters. The zero-order valence-corrected chi connectivity index (χ0v) is 15.4. The highest BCUT2D eigenvalue weighted by Crippen LogP contribution is 2.29. The molecule has 0 N–H and O–H groups in total. The minimum absolute atomic E-state index is 0.285. The number of fused-ring (bicyclic) bond motifs is 1. The fourth-order valence-electron chi connectivity index (χ4n) is 3.53. The Morgan fingerprint density at radius 1 is 1.07 bits per heavy atom. The van der Waals surface area contributed by atoms with Gasteiger partial charge in [0.15, 0.2) is 17.3 Å². The van der Waals surface area contributed by atoms with Gasteiger partial charge in [0.1, 0.15) is 5.82 Å². The summed E-state index contributed by atoms with van der Waals surface area (Å²) in [6.07, 6.45) is 8.97. The third-order valence-electron chi connectivity index (χ3n) is 5.00. The summed E-state index contributed by atoms with van der Waals surface area (Å²) in [5.41, 5.74) is 0.732. The molecule has 0 saturated carbocycles. The molecule has 0 aliphatic carbocycles. The van der Waals surface area contributed by atoms with Crippen LogP contribution >= 0.6 is 0 Å². The predicted molar refractivity (Wildman–Crippen MR) is 101 cm³/mol. The normalized spacial score (nSPS) is 15.2. The second-order valence-corrected chi connectivity index (χ2v) is 6.65. The standard InChI is InChI=1S/C18H19N9O/c1-28-17-4-3-14-22-23-18(27(14)24-17)13-5-9-25(10-6-13)15-11-19-12-16(21-15)26-8-2-7-20-26/h2-4,7-8,11-13H,5-6,9-10H2,1H3. The van der Waals surface area contributed by atoms with E-state index in [1.807, 2.05) is 18.3 Å². The van der Waals surface area contributed by atoms with E-state index in [2.05, 4.69) is 30.3 Å². The van der Waals surface area contributed by atoms with Gasteiger partial charge in [0.2, 0.25) is 5.88 Å². The van der Waals surface area contributed by atoms with E-state index >= 15 is 0 Å². The van der Waals surface area contributed by atoms with Crippen LogP contribution in [-0.2, 0) is 0 Å². The van der Waals surface area contributed by atoms with Crippen molar-refractivity contribution >= 4 is 11.5 Å². The highest BCUT2D eigenvalue weighted by atomic mass is 16.5. The van der Waals surface area contributed by atoms with Crippen LogP contribution in [0.2, 0.25) is 0 Å². The van der Waals surface area contributed by atoms with E-state index in [1.54, 1.807) is 41.0 Å². The van der Waals surface area contributed by atoms with E-state index in [9.17, 15) is 0 Å². The Hall–Kier alpha value is -3.56. The number of anilines is 1. The van der Waals surface area contributed by atoms with Gasteiger partial charge >= 0.3 is 0 Å². The molecule has 1 saturated heterocycles. The Morgan fingerprint density at radius 3 is 2.71 bits per heavy atom. The Morgan fingerprint density at radius 2 is 1.93 bits per heavy atom. The summed E-state index contributed by atoms with van der Waals surface area (Å²) >= 11 is 0. The molecule has 0 radical (unpaired) electrons. The first-order valence-electron chi connectivity index (χ1n) is 9.15. The SMILES string of the molecule is COc1ccc2nnc(C3CCN(c4cncc(-n5cccn5)n4)CC3)n2n1. The number of rotatable bonds is 4. The average molecular weight is 377 g/mol. The summed E-state index contributed by atoms with van der Waals surface area (Å²) in [5.74, 6) is 3.29. The van der Waals surface area contributed by atoms with Crippen LogP contribution in [0, 0.1) is 0 Å². The first kappa shape index (κ1) is 16.6. The summed E-state index contributed by atoms with van der Waals surface area (Å²) in [5, 5.41) is 17.3. The molecular formula is C18H19N9O. The lowest BCUT2D eigenvalue weighted by Crippen LogP contribution is -2.34. The van der Waals surface area contributed by atoms with Crippen molar-refractivity contribution < 1.29 is 4.74 Å². The van der Waals surface area contributed by atoms with Crippen LogP contribution in [0.15, 0.2) is 43.0 Å². The fourth-order valence-corrected chi connectivity index (χ4v) is 3.53. The number of methoxy groups -OCH3 is 1. The fraction of sp³-hybridized carbons (Fsp3) is 0.333. The number of ether oxygens (including phenoxy) is 1. The number of aromatic nitrogens is 8. The van der Waals surface area contributed by atoms with E-state index in [0.29, 0.717) is 11.7 Å². The molecule has 142 valence electrons. The van der Waals surface area contributed by atoms with Gasteiger partial charge in [-0.2, -0.15) is 9.61 Å². The summed E-state index contributed by atoms with van der Waals surface area (Å²) < 4.78 is 8.73. The molecule has 1 aliphatic rings. The molecule has 1 aliphatic heterocycles. The van der Waals surface area contributed by atoms with Crippen molar-refractivity contribution in [3.63, 3.8) is 0 Å². The number of hydrogen-bond donors (Lipinski definition) is 0. The van der Waals surface area contributed by atoms with Crippen molar-refractivity contribution in [2.75, 3.05) is 25.1 Å². The second kappa shape index (κ2) is 6.87. The van der Waals surface area contributed by atoms with Gasteiger partial charge in [0, 0.05) is 37.5 Å². The van der Waals surface area contributed by atoms with Gasteiger partial charge in [-0.15, -0.1) is 15.3 Å². The molecule has 4 aromatic heterocycles. The number of nitrogens with zero attached hydrogens (tertiary/aromatic N) is 9. The molecule has 28 heavy (non-hydrogen) atoms. The van der Waals surface area contributed by atoms with Crippen molar-refractivity contribution in [3.05, 3.63) is 48.8 Å². The summed E-state index contributed by atoms with van der Waals surface area (Å²) in [6.45, 7) is 1.72. The zero-order chi connectivity index (χ0) is 18.9. The molecular weight excluding hydrogens is 358 g/mol. The molecule has 10 nitrogen and oxygen atoms in total. The van der Waals surface area contributed by atoms with Crippen LogP contribution in [-0.4, -0.2) is 59.8 Å². The maximum Gasteiger partial charge on any atom is 0.231 e. The van der Waals surface area contributed by atoms with Gasteiger partial charge in [-0.1, -0.05) is 0 Å². The van der Waals surface area contributed by atoms with E-state index in [1.165, 1.54) is 0 Å². The maximum atomic E-state index is 5.23. The minimum atomic E-state index is 0.285. The summed E-state index contributed by atoms with van der Waals surface area (Å²) in [6, 6.07) is 5.53. The van der Waals surface area contributed by atoms with Crippen molar-refractivity contribution in [1.29, 1.82) is 0 Å². The molecule has 0 amide bonds. The predicted octanol–water partition coefficient (Wildman–Crippen LogP) is 1.49. The third-order valence-corrected chi connectivity index (χ3v) is 5.00. The van der Waals surface area contributed by atoms with Crippen molar-refractivity contribution in [2.45, 2.75) is 18.8 Å². The molecule has 4 aromatic rings. The minimum Gasteiger partial charge on any atom is -0.480 e. The summed E-state index contributed by atoms with van der Waals surface area (Å²) in [4.78, 5) is 11.3. The molecule has 5 heterocycles. The van der Waals surface area contributed by atoms with Gasteiger partial charge in [0.25, 0.3) is 0 Å². The Balaban J connectivity index is 1.34. The highest BCUT2D eigenvalue weighted by molar-refractivity contribution is 5.41. The Bertz CT molecular complexity index is 1080. The van der Waals surface area contributed by atoms with Gasteiger partial charge in [-0.25, -0.2) is 9.67 Å². The second-order valence-electron chi connectivity index (χ2n) is 6.65. The van der Waals surface area contributed by atoms with Crippen LogP contribution in [0.25, 0.3) is 11.5 Å². The summed E-state index contributed by atoms with van der Waals surface area (Å²) in [7, 11) is 1.61. The lowest BCUT2D eigenvalue weighted by atomic mass is 9.96. The van der Waals surface area contributed by atoms with Gasteiger partial charge in [-0.05, 0) is 25.0 Å². The van der Waals surface area contributed by atoms with Gasteiger partial charge in [-0.3, -0.25) is 4.98 Å². The highest BCUT2D eigenvalue weighted by Gasteiger charge is 2.26.